The summed E-state index contributed by atoms with van der Waals surface area (Å²) in [6.07, 6.45) is 0.476. The third kappa shape index (κ3) is 2.28. The van der Waals surface area contributed by atoms with Gasteiger partial charge in [-0.3, -0.25) is 9.69 Å². The third-order valence-corrected chi connectivity index (χ3v) is 3.12. The lowest BCUT2D eigenvalue weighted by atomic mass is 10.1. The van der Waals surface area contributed by atoms with Gasteiger partial charge in [-0.1, -0.05) is 11.6 Å². The number of halogens is 2. The molecule has 2 rings (SSSR count). The molecule has 1 atom stereocenters. The minimum absolute atomic E-state index is 0.0415. The minimum Gasteiger partial charge on any atom is -0.296 e. The molecular weight excluding hydrogens is 249 g/mol. The van der Waals surface area contributed by atoms with E-state index in [-0.39, 0.29) is 11.8 Å². The van der Waals surface area contributed by atoms with Crippen LogP contribution in [0.15, 0.2) is 6.07 Å². The topological polar surface area (TPSA) is 46.1 Å². The van der Waals surface area contributed by atoms with Crippen molar-refractivity contribution in [2.45, 2.75) is 13.3 Å². The molecule has 1 saturated heterocycles. The molecule has 1 amide bonds. The molecule has 1 aromatic heterocycles. The summed E-state index contributed by atoms with van der Waals surface area (Å²) in [5, 5.41) is 0.352. The molecule has 1 fully saturated rings. The first-order valence-electron chi connectivity index (χ1n) is 4.97. The van der Waals surface area contributed by atoms with Crippen molar-refractivity contribution in [1.82, 2.24) is 9.97 Å². The average Bonchev–Trinajstić information content (AvgIpc) is 2.58. The summed E-state index contributed by atoms with van der Waals surface area (Å²) in [5.41, 5.74) is 0. The van der Waals surface area contributed by atoms with E-state index >= 15 is 0 Å². The molecule has 0 N–H and O–H groups in total. The number of alkyl halides is 1. The smallest absolute Gasteiger partial charge is 0.228 e. The molecule has 0 aromatic carbocycles. The monoisotopic (exact) mass is 259 g/mol. The van der Waals surface area contributed by atoms with Gasteiger partial charge in [0, 0.05) is 24.9 Å². The van der Waals surface area contributed by atoms with Crippen molar-refractivity contribution in [3.05, 3.63) is 17.0 Å². The normalized spacial score (nSPS) is 20.6. The second-order valence-electron chi connectivity index (χ2n) is 3.82. The molecule has 1 aliphatic heterocycles. The van der Waals surface area contributed by atoms with Crippen LogP contribution in [-0.2, 0) is 4.79 Å². The summed E-state index contributed by atoms with van der Waals surface area (Å²) in [6.45, 7) is 2.35. The van der Waals surface area contributed by atoms with Crippen LogP contribution in [0.25, 0.3) is 0 Å². The summed E-state index contributed by atoms with van der Waals surface area (Å²) in [6, 6.07) is 1.60. The van der Waals surface area contributed by atoms with Crippen LogP contribution in [0.3, 0.4) is 0 Å². The van der Waals surface area contributed by atoms with Gasteiger partial charge in [-0.2, -0.15) is 0 Å². The Bertz CT molecular complexity index is 404. The SMILES string of the molecule is Cc1nc(Cl)cc(N2CC(CCl)CC2=O)n1. The predicted octanol–water partition coefficient (Wildman–Crippen LogP) is 2.03. The Morgan fingerprint density at radius 3 is 2.88 bits per heavy atom. The number of hydrogen-bond donors (Lipinski definition) is 0. The molecule has 1 unspecified atom stereocenters. The van der Waals surface area contributed by atoms with Gasteiger partial charge in [-0.05, 0) is 12.8 Å². The van der Waals surface area contributed by atoms with Crippen LogP contribution in [-0.4, -0.2) is 28.3 Å². The molecule has 0 aliphatic carbocycles. The molecule has 16 heavy (non-hydrogen) atoms. The molecule has 4 nitrogen and oxygen atoms in total. The number of anilines is 1. The van der Waals surface area contributed by atoms with Crippen molar-refractivity contribution in [3.63, 3.8) is 0 Å². The molecule has 0 spiro atoms. The number of carbonyl (C=O) groups is 1. The van der Waals surface area contributed by atoms with E-state index in [0.717, 1.165) is 0 Å². The van der Waals surface area contributed by atoms with Gasteiger partial charge in [-0.15, -0.1) is 11.6 Å². The first-order valence-corrected chi connectivity index (χ1v) is 5.89. The van der Waals surface area contributed by atoms with Crippen LogP contribution in [0.2, 0.25) is 5.15 Å². The third-order valence-electron chi connectivity index (χ3n) is 2.49. The van der Waals surface area contributed by atoms with Gasteiger partial charge in [0.25, 0.3) is 0 Å². The van der Waals surface area contributed by atoms with E-state index in [2.05, 4.69) is 9.97 Å². The number of hydrogen-bond acceptors (Lipinski definition) is 3. The number of aromatic nitrogens is 2. The highest BCUT2D eigenvalue weighted by atomic mass is 35.5. The summed E-state index contributed by atoms with van der Waals surface area (Å²) < 4.78 is 0. The number of carbonyl (C=O) groups excluding carboxylic acids is 1. The zero-order chi connectivity index (χ0) is 11.7. The fourth-order valence-electron chi connectivity index (χ4n) is 1.76. The van der Waals surface area contributed by atoms with E-state index in [1.807, 2.05) is 0 Å². The number of amides is 1. The first kappa shape index (κ1) is 11.6. The quantitative estimate of drug-likeness (QED) is 0.603. The highest BCUT2D eigenvalue weighted by Crippen LogP contribution is 2.25. The van der Waals surface area contributed by atoms with Gasteiger partial charge in [0.15, 0.2) is 0 Å². The Balaban J connectivity index is 2.27. The number of nitrogens with zero attached hydrogens (tertiary/aromatic N) is 3. The Morgan fingerprint density at radius 2 is 2.31 bits per heavy atom. The van der Waals surface area contributed by atoms with E-state index in [9.17, 15) is 4.79 Å². The van der Waals surface area contributed by atoms with Crippen LogP contribution in [0.5, 0.6) is 0 Å². The van der Waals surface area contributed by atoms with Crippen molar-refractivity contribution in [2.24, 2.45) is 5.92 Å². The molecule has 0 bridgehead atoms. The summed E-state index contributed by atoms with van der Waals surface area (Å²) in [7, 11) is 0. The maximum atomic E-state index is 11.7. The van der Waals surface area contributed by atoms with Crippen molar-refractivity contribution in [1.29, 1.82) is 0 Å². The van der Waals surface area contributed by atoms with E-state index in [1.165, 1.54) is 0 Å². The molecule has 1 aliphatic rings. The molecule has 0 saturated carbocycles. The highest BCUT2D eigenvalue weighted by Gasteiger charge is 2.31. The van der Waals surface area contributed by atoms with E-state index in [0.29, 0.717) is 35.6 Å². The van der Waals surface area contributed by atoms with Crippen LogP contribution in [0.4, 0.5) is 5.82 Å². The van der Waals surface area contributed by atoms with Gasteiger partial charge < -0.3 is 0 Å². The Labute approximate surface area is 104 Å². The second-order valence-corrected chi connectivity index (χ2v) is 4.52. The van der Waals surface area contributed by atoms with Crippen molar-refractivity contribution < 1.29 is 4.79 Å². The lowest BCUT2D eigenvalue weighted by Gasteiger charge is -2.15. The van der Waals surface area contributed by atoms with Gasteiger partial charge in [0.2, 0.25) is 5.91 Å². The van der Waals surface area contributed by atoms with Crippen LogP contribution in [0.1, 0.15) is 12.2 Å². The van der Waals surface area contributed by atoms with Crippen molar-refractivity contribution in [3.8, 4) is 0 Å². The second kappa shape index (κ2) is 4.55. The van der Waals surface area contributed by atoms with Crippen LogP contribution < -0.4 is 4.90 Å². The Morgan fingerprint density at radius 1 is 1.56 bits per heavy atom. The molecule has 0 radical (unpaired) electrons. The Hall–Kier alpha value is -0.870. The minimum atomic E-state index is 0.0415. The summed E-state index contributed by atoms with van der Waals surface area (Å²) in [4.78, 5) is 21.5. The number of aryl methyl sites for hydroxylation is 1. The largest absolute Gasteiger partial charge is 0.296 e. The van der Waals surface area contributed by atoms with Crippen molar-refractivity contribution >= 4 is 34.9 Å². The lowest BCUT2D eigenvalue weighted by molar-refractivity contribution is -0.117. The van der Waals surface area contributed by atoms with Gasteiger partial charge in [0.05, 0.1) is 0 Å². The zero-order valence-electron chi connectivity index (χ0n) is 8.78. The average molecular weight is 260 g/mol. The maximum absolute atomic E-state index is 11.7. The van der Waals surface area contributed by atoms with Crippen LogP contribution in [0, 0.1) is 12.8 Å². The maximum Gasteiger partial charge on any atom is 0.228 e. The zero-order valence-corrected chi connectivity index (χ0v) is 10.3. The van der Waals surface area contributed by atoms with Crippen LogP contribution >= 0.6 is 23.2 Å². The lowest BCUT2D eigenvalue weighted by Crippen LogP contribution is -2.26. The van der Waals surface area contributed by atoms with Gasteiger partial charge >= 0.3 is 0 Å². The van der Waals surface area contributed by atoms with E-state index < -0.39 is 0 Å². The highest BCUT2D eigenvalue weighted by molar-refractivity contribution is 6.29. The number of rotatable bonds is 2. The standard InChI is InChI=1S/C10H11Cl2N3O/c1-6-13-8(12)3-9(14-6)15-5-7(4-11)2-10(15)16/h3,7H,2,4-5H2,1H3. The van der Waals surface area contributed by atoms with Gasteiger partial charge in [-0.25, -0.2) is 9.97 Å². The first-order chi connectivity index (χ1) is 7.60. The predicted molar refractivity (Wildman–Crippen MR) is 63.0 cm³/mol. The molecule has 6 heteroatoms. The fourth-order valence-corrected chi connectivity index (χ4v) is 2.19. The fraction of sp³-hybridized carbons (Fsp3) is 0.500. The molecule has 86 valence electrons. The molecule has 2 heterocycles. The summed E-state index contributed by atoms with van der Waals surface area (Å²) >= 11 is 11.6. The van der Waals surface area contributed by atoms with Gasteiger partial charge in [0.1, 0.15) is 16.8 Å². The van der Waals surface area contributed by atoms with E-state index in [4.69, 9.17) is 23.2 Å². The van der Waals surface area contributed by atoms with E-state index in [1.54, 1.807) is 17.9 Å². The van der Waals surface area contributed by atoms with Crippen molar-refractivity contribution in [2.75, 3.05) is 17.3 Å². The molecule has 1 aromatic rings. The Kier molecular flexibility index (Phi) is 3.30. The molecular formula is C10H11Cl2N3O. The summed E-state index contributed by atoms with van der Waals surface area (Å²) in [5.74, 6) is 1.85.